The normalized spacial score (nSPS) is 10.4. The highest BCUT2D eigenvalue weighted by molar-refractivity contribution is 6.35. The van der Waals surface area contributed by atoms with Crippen molar-refractivity contribution in [2.45, 2.75) is 6.54 Å². The number of rotatable bonds is 7. The Morgan fingerprint density at radius 3 is 2.45 bits per heavy atom. The highest BCUT2D eigenvalue weighted by Crippen LogP contribution is 2.31. The largest absolute Gasteiger partial charge is 0.493 e. The van der Waals surface area contributed by atoms with Crippen molar-refractivity contribution in [2.24, 2.45) is 5.73 Å². The first-order chi connectivity index (χ1) is 10.7. The van der Waals surface area contributed by atoms with Crippen LogP contribution in [0.15, 0.2) is 36.4 Å². The molecule has 2 aromatic carbocycles. The first-order valence-corrected chi connectivity index (χ1v) is 7.48. The van der Waals surface area contributed by atoms with Gasteiger partial charge in [0, 0.05) is 17.1 Å². The molecule has 0 saturated carbocycles. The van der Waals surface area contributed by atoms with Crippen molar-refractivity contribution in [3.8, 4) is 17.2 Å². The van der Waals surface area contributed by atoms with Gasteiger partial charge in [-0.25, -0.2) is 0 Å². The van der Waals surface area contributed by atoms with Crippen molar-refractivity contribution in [3.05, 3.63) is 52.0 Å². The van der Waals surface area contributed by atoms with E-state index in [9.17, 15) is 0 Å². The second kappa shape index (κ2) is 8.13. The van der Waals surface area contributed by atoms with Crippen molar-refractivity contribution in [3.63, 3.8) is 0 Å². The minimum absolute atomic E-state index is 0.337. The van der Waals surface area contributed by atoms with E-state index in [-0.39, 0.29) is 0 Å². The lowest BCUT2D eigenvalue weighted by molar-refractivity contribution is 0.210. The molecule has 118 valence electrons. The predicted molar refractivity (Wildman–Crippen MR) is 88.3 cm³/mol. The molecular weight excluding hydrogens is 325 g/mol. The van der Waals surface area contributed by atoms with Crippen molar-refractivity contribution in [1.82, 2.24) is 0 Å². The molecule has 0 radical (unpaired) electrons. The van der Waals surface area contributed by atoms with E-state index in [1.54, 1.807) is 25.3 Å². The monoisotopic (exact) mass is 341 g/mol. The van der Waals surface area contributed by atoms with Crippen LogP contribution in [0.3, 0.4) is 0 Å². The summed E-state index contributed by atoms with van der Waals surface area (Å²) in [6.45, 7) is 1.05. The molecule has 6 heteroatoms. The number of nitrogens with two attached hydrogens (primary N) is 1. The highest BCUT2D eigenvalue weighted by Gasteiger charge is 2.09. The van der Waals surface area contributed by atoms with E-state index in [1.165, 1.54) is 0 Å². The van der Waals surface area contributed by atoms with Crippen LogP contribution in [-0.4, -0.2) is 20.3 Å². The van der Waals surface area contributed by atoms with Gasteiger partial charge in [0.15, 0.2) is 11.5 Å². The molecular formula is C16H17Cl2NO3. The number of para-hydroxylation sites is 1. The van der Waals surface area contributed by atoms with Gasteiger partial charge in [0.25, 0.3) is 0 Å². The van der Waals surface area contributed by atoms with Gasteiger partial charge in [-0.2, -0.15) is 0 Å². The number of halogens is 2. The van der Waals surface area contributed by atoms with Crippen LogP contribution in [0, 0.1) is 0 Å². The molecule has 0 fully saturated rings. The van der Waals surface area contributed by atoms with Crippen LogP contribution in [0.4, 0.5) is 0 Å². The van der Waals surface area contributed by atoms with E-state index in [0.29, 0.717) is 47.1 Å². The maximum atomic E-state index is 6.03. The smallest absolute Gasteiger partial charge is 0.165 e. The predicted octanol–water partition coefficient (Wildman–Crippen LogP) is 3.92. The van der Waals surface area contributed by atoms with Crippen molar-refractivity contribution < 1.29 is 14.2 Å². The van der Waals surface area contributed by atoms with Gasteiger partial charge in [0.2, 0.25) is 0 Å². The van der Waals surface area contributed by atoms with Crippen LogP contribution in [0.1, 0.15) is 5.56 Å². The summed E-state index contributed by atoms with van der Waals surface area (Å²) in [7, 11) is 1.59. The molecule has 0 unspecified atom stereocenters. The summed E-state index contributed by atoms with van der Waals surface area (Å²) < 4.78 is 16.6. The lowest BCUT2D eigenvalue weighted by Gasteiger charge is -2.15. The van der Waals surface area contributed by atoms with E-state index >= 15 is 0 Å². The average Bonchev–Trinajstić information content (AvgIpc) is 2.53. The summed E-state index contributed by atoms with van der Waals surface area (Å²) in [4.78, 5) is 0. The number of ether oxygens (including phenoxy) is 3. The van der Waals surface area contributed by atoms with Crippen LogP contribution in [0.25, 0.3) is 0 Å². The molecule has 4 nitrogen and oxygen atoms in total. The van der Waals surface area contributed by atoms with Gasteiger partial charge in [-0.15, -0.1) is 0 Å². The molecule has 0 amide bonds. The molecule has 0 atom stereocenters. The van der Waals surface area contributed by atoms with Crippen molar-refractivity contribution in [2.75, 3.05) is 20.3 Å². The summed E-state index contributed by atoms with van der Waals surface area (Å²) in [5, 5.41) is 1.03. The Kier molecular flexibility index (Phi) is 6.19. The third-order valence-electron chi connectivity index (χ3n) is 2.98. The maximum Gasteiger partial charge on any atom is 0.165 e. The summed E-state index contributed by atoms with van der Waals surface area (Å²) in [5.41, 5.74) is 6.59. The fourth-order valence-corrected chi connectivity index (χ4v) is 2.40. The Balaban J connectivity index is 1.94. The van der Waals surface area contributed by atoms with Crippen LogP contribution in [0.2, 0.25) is 10.0 Å². The summed E-state index contributed by atoms with van der Waals surface area (Å²) in [6.07, 6.45) is 0. The Morgan fingerprint density at radius 1 is 1.00 bits per heavy atom. The first-order valence-electron chi connectivity index (χ1n) is 6.72. The molecule has 0 aliphatic carbocycles. The number of hydrogen-bond acceptors (Lipinski definition) is 4. The molecule has 2 N–H and O–H groups in total. The summed E-state index contributed by atoms with van der Waals surface area (Å²) in [5.74, 6) is 1.85. The quantitative estimate of drug-likeness (QED) is 0.775. The Hall–Kier alpha value is -1.62. The Labute approximate surface area is 139 Å². The molecule has 0 bridgehead atoms. The Morgan fingerprint density at radius 2 is 1.77 bits per heavy atom. The molecule has 0 heterocycles. The van der Waals surface area contributed by atoms with Crippen molar-refractivity contribution >= 4 is 23.2 Å². The molecule has 2 aromatic rings. The second-order valence-electron chi connectivity index (χ2n) is 4.42. The lowest BCUT2D eigenvalue weighted by atomic mass is 10.2. The van der Waals surface area contributed by atoms with Gasteiger partial charge in [-0.3, -0.25) is 0 Å². The average molecular weight is 342 g/mol. The molecule has 22 heavy (non-hydrogen) atoms. The molecule has 2 rings (SSSR count). The van der Waals surface area contributed by atoms with Crippen molar-refractivity contribution in [1.29, 1.82) is 0 Å². The van der Waals surface area contributed by atoms with Crippen LogP contribution in [0.5, 0.6) is 17.2 Å². The molecule has 0 aromatic heterocycles. The molecule has 0 aliphatic heterocycles. The van der Waals surface area contributed by atoms with Gasteiger partial charge in [-0.1, -0.05) is 35.3 Å². The number of hydrogen-bond donors (Lipinski definition) is 1. The van der Waals surface area contributed by atoms with Gasteiger partial charge in [0.1, 0.15) is 19.0 Å². The summed E-state index contributed by atoms with van der Waals surface area (Å²) in [6, 6.07) is 10.7. The molecule has 0 saturated heterocycles. The fourth-order valence-electron chi connectivity index (χ4n) is 1.93. The first kappa shape index (κ1) is 16.7. The molecule has 0 aliphatic rings. The van der Waals surface area contributed by atoms with Crippen LogP contribution in [-0.2, 0) is 6.54 Å². The van der Waals surface area contributed by atoms with Crippen LogP contribution < -0.4 is 19.9 Å². The second-order valence-corrected chi connectivity index (χ2v) is 5.27. The van der Waals surface area contributed by atoms with E-state index in [1.807, 2.05) is 18.2 Å². The highest BCUT2D eigenvalue weighted by atomic mass is 35.5. The number of benzene rings is 2. The standard InChI is InChI=1S/C16H17Cl2NO3/c1-20-15-4-2-3-11(10-19)16(15)22-8-7-21-14-6-5-12(17)9-13(14)18/h2-6,9H,7-8,10,19H2,1H3. The number of methoxy groups -OCH3 is 1. The van der Waals surface area contributed by atoms with Crippen LogP contribution >= 0.6 is 23.2 Å². The molecule has 0 spiro atoms. The minimum Gasteiger partial charge on any atom is -0.493 e. The van der Waals surface area contributed by atoms with Gasteiger partial charge in [0.05, 0.1) is 12.1 Å². The zero-order valence-electron chi connectivity index (χ0n) is 12.1. The van der Waals surface area contributed by atoms with Gasteiger partial charge >= 0.3 is 0 Å². The fraction of sp³-hybridized carbons (Fsp3) is 0.250. The zero-order chi connectivity index (χ0) is 15.9. The third-order valence-corrected chi connectivity index (χ3v) is 3.51. The van der Waals surface area contributed by atoms with Gasteiger partial charge < -0.3 is 19.9 Å². The van der Waals surface area contributed by atoms with E-state index < -0.39 is 0 Å². The topological polar surface area (TPSA) is 53.7 Å². The van der Waals surface area contributed by atoms with E-state index in [0.717, 1.165) is 5.56 Å². The lowest BCUT2D eigenvalue weighted by Crippen LogP contribution is -2.11. The third kappa shape index (κ3) is 4.19. The van der Waals surface area contributed by atoms with E-state index in [4.69, 9.17) is 43.1 Å². The minimum atomic E-state index is 0.337. The summed E-state index contributed by atoms with van der Waals surface area (Å²) >= 11 is 11.9. The van der Waals surface area contributed by atoms with E-state index in [2.05, 4.69) is 0 Å². The maximum absolute atomic E-state index is 6.03. The Bertz CT molecular complexity index is 613. The SMILES string of the molecule is COc1cccc(CN)c1OCCOc1ccc(Cl)cc1Cl. The zero-order valence-corrected chi connectivity index (χ0v) is 13.7. The van der Waals surface area contributed by atoms with Gasteiger partial charge in [-0.05, 0) is 24.3 Å².